The Kier molecular flexibility index (Phi) is 4.60. The lowest BCUT2D eigenvalue weighted by atomic mass is 10.0. The smallest absolute Gasteiger partial charge is 0.137 e. The zero-order valence-corrected chi connectivity index (χ0v) is 12.6. The van der Waals surface area contributed by atoms with Gasteiger partial charge in [-0.2, -0.15) is 0 Å². The molecule has 0 N–H and O–H groups in total. The Labute approximate surface area is 127 Å². The summed E-state index contributed by atoms with van der Waals surface area (Å²) in [6.07, 6.45) is 0. The van der Waals surface area contributed by atoms with Crippen LogP contribution in [-0.4, -0.2) is 7.11 Å². The summed E-state index contributed by atoms with van der Waals surface area (Å²) in [6, 6.07) is 6.01. The molecule has 0 aliphatic carbocycles. The quantitative estimate of drug-likeness (QED) is 0.536. The average molecular weight is 366 g/mol. The predicted octanol–water partition coefficient (Wildman–Crippen LogP) is 5.20. The maximum atomic E-state index is 13.9. The first-order valence-electron chi connectivity index (χ1n) is 5.56. The number of hydrogen-bond acceptors (Lipinski definition) is 1. The molecule has 1 unspecified atom stereocenters. The van der Waals surface area contributed by atoms with E-state index in [-0.39, 0.29) is 21.3 Å². The molecule has 0 fully saturated rings. The molecule has 0 aliphatic heterocycles. The second kappa shape index (κ2) is 6.06. The van der Waals surface area contributed by atoms with Crippen molar-refractivity contribution >= 4 is 27.5 Å². The van der Waals surface area contributed by atoms with Gasteiger partial charge in [0.25, 0.3) is 0 Å². The average Bonchev–Trinajstić information content (AvgIpc) is 2.41. The van der Waals surface area contributed by atoms with Crippen LogP contribution in [0.25, 0.3) is 0 Å². The fraction of sp³-hybridized carbons (Fsp3) is 0.143. The first kappa shape index (κ1) is 15.2. The zero-order chi connectivity index (χ0) is 14.9. The standard InChI is InChI=1S/C14H9BrClF3O/c1-20-12-4-2-3-9(17)13(12)14(16)7-5-11(19)8(15)6-10(7)18/h2-6,14H,1H3. The van der Waals surface area contributed by atoms with E-state index in [9.17, 15) is 13.2 Å². The number of alkyl halides is 1. The second-order valence-corrected chi connectivity index (χ2v) is 5.30. The molecule has 0 heterocycles. The molecule has 0 saturated heterocycles. The lowest BCUT2D eigenvalue weighted by molar-refractivity contribution is 0.404. The Bertz CT molecular complexity index is 649. The highest BCUT2D eigenvalue weighted by atomic mass is 79.9. The van der Waals surface area contributed by atoms with Crippen LogP contribution in [0.3, 0.4) is 0 Å². The molecule has 0 saturated carbocycles. The van der Waals surface area contributed by atoms with Crippen molar-refractivity contribution in [2.75, 3.05) is 7.11 Å². The third-order valence-electron chi connectivity index (χ3n) is 2.80. The van der Waals surface area contributed by atoms with E-state index in [1.165, 1.54) is 25.3 Å². The van der Waals surface area contributed by atoms with Crippen molar-refractivity contribution in [1.82, 2.24) is 0 Å². The molecule has 0 aromatic heterocycles. The maximum absolute atomic E-state index is 13.9. The van der Waals surface area contributed by atoms with Crippen molar-refractivity contribution in [3.8, 4) is 5.75 Å². The summed E-state index contributed by atoms with van der Waals surface area (Å²) in [5, 5.41) is -1.20. The van der Waals surface area contributed by atoms with E-state index in [1.807, 2.05) is 0 Å². The minimum Gasteiger partial charge on any atom is -0.496 e. The Balaban J connectivity index is 2.57. The SMILES string of the molecule is COc1cccc(F)c1C(Cl)c1cc(F)c(Br)cc1F. The monoisotopic (exact) mass is 364 g/mol. The molecule has 1 nitrogen and oxygen atoms in total. The van der Waals surface area contributed by atoms with E-state index in [2.05, 4.69) is 15.9 Å². The van der Waals surface area contributed by atoms with Gasteiger partial charge < -0.3 is 4.74 Å². The summed E-state index contributed by atoms with van der Waals surface area (Å²) in [6.45, 7) is 0. The van der Waals surface area contributed by atoms with Gasteiger partial charge in [-0.1, -0.05) is 6.07 Å². The molecule has 2 rings (SSSR count). The van der Waals surface area contributed by atoms with Gasteiger partial charge in [0.1, 0.15) is 23.2 Å². The molecule has 6 heteroatoms. The van der Waals surface area contributed by atoms with Gasteiger partial charge in [0.2, 0.25) is 0 Å². The second-order valence-electron chi connectivity index (χ2n) is 4.01. The molecule has 0 aliphatic rings. The van der Waals surface area contributed by atoms with E-state index >= 15 is 0 Å². The molecular weight excluding hydrogens is 357 g/mol. The molecule has 2 aromatic rings. The fourth-order valence-electron chi connectivity index (χ4n) is 1.83. The van der Waals surface area contributed by atoms with Crippen molar-refractivity contribution in [3.05, 3.63) is 63.4 Å². The van der Waals surface area contributed by atoms with E-state index < -0.39 is 22.8 Å². The Hall–Kier alpha value is -1.20. The lowest BCUT2D eigenvalue weighted by Crippen LogP contribution is -2.04. The van der Waals surface area contributed by atoms with Gasteiger partial charge in [-0.05, 0) is 40.2 Å². The molecule has 0 spiro atoms. The maximum Gasteiger partial charge on any atom is 0.137 e. The highest BCUT2D eigenvalue weighted by molar-refractivity contribution is 9.10. The molecule has 0 bridgehead atoms. The molecule has 1 atom stereocenters. The van der Waals surface area contributed by atoms with Crippen molar-refractivity contribution in [1.29, 1.82) is 0 Å². The van der Waals surface area contributed by atoms with Crippen molar-refractivity contribution < 1.29 is 17.9 Å². The lowest BCUT2D eigenvalue weighted by Gasteiger charge is -2.16. The highest BCUT2D eigenvalue weighted by Gasteiger charge is 2.24. The largest absolute Gasteiger partial charge is 0.496 e. The third-order valence-corrected chi connectivity index (χ3v) is 3.86. The Morgan fingerprint density at radius 2 is 1.80 bits per heavy atom. The molecule has 0 radical (unpaired) electrons. The molecule has 2 aromatic carbocycles. The van der Waals surface area contributed by atoms with Gasteiger partial charge in [-0.3, -0.25) is 0 Å². The van der Waals surface area contributed by atoms with Crippen LogP contribution in [0.1, 0.15) is 16.5 Å². The molecule has 106 valence electrons. The summed E-state index contributed by atoms with van der Waals surface area (Å²) in [5.74, 6) is -1.88. The predicted molar refractivity (Wildman–Crippen MR) is 74.7 cm³/mol. The zero-order valence-electron chi connectivity index (χ0n) is 10.3. The number of ether oxygens (including phenoxy) is 1. The van der Waals surface area contributed by atoms with E-state index in [4.69, 9.17) is 16.3 Å². The van der Waals surface area contributed by atoms with Crippen LogP contribution >= 0.6 is 27.5 Å². The van der Waals surface area contributed by atoms with Gasteiger partial charge in [0.05, 0.1) is 22.5 Å². The molecule has 0 amide bonds. The van der Waals surface area contributed by atoms with Crippen molar-refractivity contribution in [2.24, 2.45) is 0 Å². The highest BCUT2D eigenvalue weighted by Crippen LogP contribution is 2.38. The number of hydrogen-bond donors (Lipinski definition) is 0. The van der Waals surface area contributed by atoms with Gasteiger partial charge in [-0.15, -0.1) is 11.6 Å². The van der Waals surface area contributed by atoms with Crippen LogP contribution in [0.2, 0.25) is 0 Å². The van der Waals surface area contributed by atoms with E-state index in [0.29, 0.717) is 0 Å². The third kappa shape index (κ3) is 2.79. The minimum absolute atomic E-state index is 0.0249. The van der Waals surface area contributed by atoms with Gasteiger partial charge >= 0.3 is 0 Å². The van der Waals surface area contributed by atoms with E-state index in [0.717, 1.165) is 12.1 Å². The molecular formula is C14H9BrClF3O. The van der Waals surface area contributed by atoms with Gasteiger partial charge in [0, 0.05) is 5.56 Å². The summed E-state index contributed by atoms with van der Waals surface area (Å²) < 4.78 is 46.3. The van der Waals surface area contributed by atoms with Gasteiger partial charge in [0.15, 0.2) is 0 Å². The van der Waals surface area contributed by atoms with Crippen LogP contribution < -0.4 is 4.74 Å². The summed E-state index contributed by atoms with van der Waals surface area (Å²) in [7, 11) is 1.35. The minimum atomic E-state index is -1.20. The summed E-state index contributed by atoms with van der Waals surface area (Å²) >= 11 is 8.98. The number of methoxy groups -OCH3 is 1. The van der Waals surface area contributed by atoms with E-state index in [1.54, 1.807) is 0 Å². The number of halogens is 5. The Morgan fingerprint density at radius 3 is 2.45 bits per heavy atom. The van der Waals surface area contributed by atoms with Crippen LogP contribution in [0.15, 0.2) is 34.8 Å². The van der Waals surface area contributed by atoms with Crippen LogP contribution in [0.5, 0.6) is 5.75 Å². The first-order valence-corrected chi connectivity index (χ1v) is 6.79. The van der Waals surface area contributed by atoms with Crippen LogP contribution in [-0.2, 0) is 0 Å². The summed E-state index contributed by atoms with van der Waals surface area (Å²) in [5.41, 5.74) is -0.187. The fourth-order valence-corrected chi connectivity index (χ4v) is 2.52. The van der Waals surface area contributed by atoms with Crippen molar-refractivity contribution in [3.63, 3.8) is 0 Å². The number of rotatable bonds is 3. The normalized spacial score (nSPS) is 12.3. The summed E-state index contributed by atoms with van der Waals surface area (Å²) in [4.78, 5) is 0. The van der Waals surface area contributed by atoms with Crippen LogP contribution in [0, 0.1) is 17.5 Å². The topological polar surface area (TPSA) is 9.23 Å². The molecule has 20 heavy (non-hydrogen) atoms. The van der Waals surface area contributed by atoms with Gasteiger partial charge in [-0.25, -0.2) is 13.2 Å². The first-order chi connectivity index (χ1) is 9.45. The van der Waals surface area contributed by atoms with Crippen LogP contribution in [0.4, 0.5) is 13.2 Å². The van der Waals surface area contributed by atoms with Crippen molar-refractivity contribution in [2.45, 2.75) is 5.38 Å². The number of benzene rings is 2. The Morgan fingerprint density at radius 1 is 1.10 bits per heavy atom.